The minimum Gasteiger partial charge on any atom is -0.360 e. The van der Waals surface area contributed by atoms with Gasteiger partial charge in [0.15, 0.2) is 4.34 Å². The van der Waals surface area contributed by atoms with Gasteiger partial charge in [-0.15, -0.1) is 21.5 Å². The van der Waals surface area contributed by atoms with Crippen molar-refractivity contribution in [1.29, 1.82) is 0 Å². The van der Waals surface area contributed by atoms with Crippen LogP contribution in [0.2, 0.25) is 0 Å². The van der Waals surface area contributed by atoms with Gasteiger partial charge in [-0.1, -0.05) is 23.1 Å². The standard InChI is InChI=1S/C14H13FN4S3/c1-2-16-13-18-19-14(22-13)21-8-11-7-20-12(17-11)9-3-5-10(15)6-4-9/h3-7H,2,8H2,1H3,(H,16,18). The number of rotatable bonds is 6. The van der Waals surface area contributed by atoms with Gasteiger partial charge in [0.25, 0.3) is 0 Å². The molecule has 0 aliphatic heterocycles. The summed E-state index contributed by atoms with van der Waals surface area (Å²) in [5.74, 6) is 0.516. The lowest BCUT2D eigenvalue weighted by Gasteiger charge is -1.96. The van der Waals surface area contributed by atoms with Crippen LogP contribution >= 0.6 is 34.4 Å². The molecule has 3 aromatic rings. The van der Waals surface area contributed by atoms with E-state index in [1.165, 1.54) is 12.1 Å². The number of hydrogen-bond acceptors (Lipinski definition) is 7. The van der Waals surface area contributed by atoms with Gasteiger partial charge in [-0.3, -0.25) is 0 Å². The van der Waals surface area contributed by atoms with E-state index in [2.05, 4.69) is 20.5 Å². The number of aromatic nitrogens is 3. The number of benzene rings is 1. The van der Waals surface area contributed by atoms with E-state index >= 15 is 0 Å². The molecule has 2 aromatic heterocycles. The molecule has 114 valence electrons. The Kier molecular flexibility index (Phi) is 5.01. The molecule has 22 heavy (non-hydrogen) atoms. The maximum absolute atomic E-state index is 12.9. The molecule has 1 aromatic carbocycles. The van der Waals surface area contributed by atoms with Crippen LogP contribution in [0.3, 0.4) is 0 Å². The first-order valence-corrected chi connectivity index (χ1v) is 9.33. The molecule has 8 heteroatoms. The number of nitrogens with zero attached hydrogens (tertiary/aromatic N) is 3. The quantitative estimate of drug-likeness (QED) is 0.661. The first-order chi connectivity index (χ1) is 10.7. The minimum atomic E-state index is -0.233. The normalized spacial score (nSPS) is 10.8. The molecule has 0 atom stereocenters. The number of hydrogen-bond donors (Lipinski definition) is 1. The van der Waals surface area contributed by atoms with E-state index in [-0.39, 0.29) is 5.82 Å². The summed E-state index contributed by atoms with van der Waals surface area (Å²) in [5.41, 5.74) is 1.93. The first-order valence-electron chi connectivity index (χ1n) is 6.65. The van der Waals surface area contributed by atoms with Crippen molar-refractivity contribution in [1.82, 2.24) is 15.2 Å². The molecular weight excluding hydrogens is 339 g/mol. The Labute approximate surface area is 139 Å². The molecule has 0 spiro atoms. The number of thioether (sulfide) groups is 1. The smallest absolute Gasteiger partial charge is 0.206 e. The maximum atomic E-state index is 12.9. The van der Waals surface area contributed by atoms with Crippen LogP contribution in [0, 0.1) is 5.82 Å². The van der Waals surface area contributed by atoms with Crippen LogP contribution in [0.4, 0.5) is 9.52 Å². The van der Waals surface area contributed by atoms with Crippen molar-refractivity contribution < 1.29 is 4.39 Å². The summed E-state index contributed by atoms with van der Waals surface area (Å²) in [6.07, 6.45) is 0. The highest BCUT2D eigenvalue weighted by Crippen LogP contribution is 2.30. The molecule has 0 amide bonds. The molecule has 0 aliphatic carbocycles. The van der Waals surface area contributed by atoms with E-state index < -0.39 is 0 Å². The van der Waals surface area contributed by atoms with Gasteiger partial charge in [0.1, 0.15) is 10.8 Å². The van der Waals surface area contributed by atoms with Crippen LogP contribution in [-0.4, -0.2) is 21.7 Å². The highest BCUT2D eigenvalue weighted by atomic mass is 32.2. The topological polar surface area (TPSA) is 50.7 Å². The summed E-state index contributed by atoms with van der Waals surface area (Å²) in [4.78, 5) is 4.58. The van der Waals surface area contributed by atoms with Crippen LogP contribution in [0.15, 0.2) is 34.0 Å². The molecule has 0 aliphatic rings. The second-order valence-electron chi connectivity index (χ2n) is 4.34. The first kappa shape index (κ1) is 15.4. The maximum Gasteiger partial charge on any atom is 0.206 e. The molecule has 4 nitrogen and oxygen atoms in total. The van der Waals surface area contributed by atoms with Crippen molar-refractivity contribution in [3.8, 4) is 10.6 Å². The average molecular weight is 352 g/mol. The van der Waals surface area contributed by atoms with E-state index in [4.69, 9.17) is 0 Å². The third kappa shape index (κ3) is 3.82. The van der Waals surface area contributed by atoms with Gasteiger partial charge in [-0.2, -0.15) is 0 Å². The molecule has 0 saturated heterocycles. The Hall–Kier alpha value is -1.51. The van der Waals surface area contributed by atoms with Gasteiger partial charge < -0.3 is 5.32 Å². The second kappa shape index (κ2) is 7.17. The fourth-order valence-electron chi connectivity index (χ4n) is 1.72. The van der Waals surface area contributed by atoms with E-state index in [9.17, 15) is 4.39 Å². The van der Waals surface area contributed by atoms with E-state index in [1.54, 1.807) is 46.6 Å². The van der Waals surface area contributed by atoms with Crippen molar-refractivity contribution in [3.05, 3.63) is 41.2 Å². The van der Waals surface area contributed by atoms with Gasteiger partial charge in [0.2, 0.25) is 5.13 Å². The average Bonchev–Trinajstić information content (AvgIpc) is 3.16. The monoisotopic (exact) mass is 352 g/mol. The van der Waals surface area contributed by atoms with Gasteiger partial charge >= 0.3 is 0 Å². The predicted molar refractivity (Wildman–Crippen MR) is 91.1 cm³/mol. The third-order valence-electron chi connectivity index (χ3n) is 2.72. The Balaban J connectivity index is 1.62. The van der Waals surface area contributed by atoms with Gasteiger partial charge in [0.05, 0.1) is 5.69 Å². The molecule has 2 heterocycles. The SMILES string of the molecule is CCNc1nnc(SCc2csc(-c3ccc(F)cc3)n2)s1. The Bertz CT molecular complexity index is 739. The molecule has 0 bridgehead atoms. The Morgan fingerprint density at radius 1 is 1.23 bits per heavy atom. The summed E-state index contributed by atoms with van der Waals surface area (Å²) >= 11 is 4.73. The van der Waals surface area contributed by atoms with Crippen LogP contribution in [0.5, 0.6) is 0 Å². The largest absolute Gasteiger partial charge is 0.360 e. The molecule has 0 unspecified atom stereocenters. The Morgan fingerprint density at radius 2 is 2.05 bits per heavy atom. The molecule has 1 N–H and O–H groups in total. The zero-order chi connectivity index (χ0) is 15.4. The lowest BCUT2D eigenvalue weighted by Crippen LogP contribution is -1.94. The number of anilines is 1. The highest BCUT2D eigenvalue weighted by molar-refractivity contribution is 8.00. The van der Waals surface area contributed by atoms with E-state index in [0.29, 0.717) is 0 Å². The molecule has 0 fully saturated rings. The second-order valence-corrected chi connectivity index (χ2v) is 7.40. The number of nitrogens with one attached hydrogen (secondary N) is 1. The van der Waals surface area contributed by atoms with Gasteiger partial charge in [-0.05, 0) is 31.2 Å². The number of halogens is 1. The molecule has 3 rings (SSSR count). The highest BCUT2D eigenvalue weighted by Gasteiger charge is 2.08. The van der Waals surface area contributed by atoms with Crippen molar-refractivity contribution in [2.45, 2.75) is 17.0 Å². The van der Waals surface area contributed by atoms with Crippen LogP contribution in [0.25, 0.3) is 10.6 Å². The van der Waals surface area contributed by atoms with E-state index in [0.717, 1.165) is 38.0 Å². The zero-order valence-electron chi connectivity index (χ0n) is 11.7. The number of thiazole rings is 1. The Morgan fingerprint density at radius 3 is 2.82 bits per heavy atom. The fraction of sp³-hybridized carbons (Fsp3) is 0.214. The summed E-state index contributed by atoms with van der Waals surface area (Å²) in [6, 6.07) is 6.40. The van der Waals surface area contributed by atoms with E-state index in [1.807, 2.05) is 12.3 Å². The molecular formula is C14H13FN4S3. The van der Waals surface area contributed by atoms with Crippen molar-refractivity contribution >= 4 is 39.6 Å². The van der Waals surface area contributed by atoms with Crippen LogP contribution in [0.1, 0.15) is 12.6 Å². The van der Waals surface area contributed by atoms with Crippen molar-refractivity contribution in [2.24, 2.45) is 0 Å². The molecule has 0 saturated carbocycles. The summed E-state index contributed by atoms with van der Waals surface area (Å²) in [5, 5.41) is 15.1. The summed E-state index contributed by atoms with van der Waals surface area (Å²) in [7, 11) is 0. The lowest BCUT2D eigenvalue weighted by molar-refractivity contribution is 0.628. The fourth-order valence-corrected chi connectivity index (χ4v) is 4.37. The third-order valence-corrected chi connectivity index (χ3v) is 5.71. The predicted octanol–water partition coefficient (Wildman–Crippen LogP) is 4.52. The van der Waals surface area contributed by atoms with Crippen LogP contribution in [-0.2, 0) is 5.75 Å². The summed E-state index contributed by atoms with van der Waals surface area (Å²) < 4.78 is 13.9. The summed E-state index contributed by atoms with van der Waals surface area (Å²) in [6.45, 7) is 2.87. The van der Waals surface area contributed by atoms with Gasteiger partial charge in [0, 0.05) is 23.2 Å². The minimum absolute atomic E-state index is 0.233. The van der Waals surface area contributed by atoms with Crippen molar-refractivity contribution in [3.63, 3.8) is 0 Å². The zero-order valence-corrected chi connectivity index (χ0v) is 14.2. The molecule has 0 radical (unpaired) electrons. The van der Waals surface area contributed by atoms with Gasteiger partial charge in [-0.25, -0.2) is 9.37 Å². The van der Waals surface area contributed by atoms with Crippen molar-refractivity contribution in [2.75, 3.05) is 11.9 Å². The van der Waals surface area contributed by atoms with Crippen LogP contribution < -0.4 is 5.32 Å². The lowest BCUT2D eigenvalue weighted by atomic mass is 10.2.